The molecule has 14 atom stereocenters. The van der Waals surface area contributed by atoms with E-state index in [2.05, 4.69) is 54.5 Å². The molecule has 0 amide bonds. The number of aliphatic hydroxyl groups excluding tert-OH is 3. The number of hydrogen-bond acceptors (Lipinski definition) is 7. The van der Waals surface area contributed by atoms with E-state index in [0.29, 0.717) is 17.8 Å². The summed E-state index contributed by atoms with van der Waals surface area (Å²) in [5, 5.41) is 32.5. The van der Waals surface area contributed by atoms with Crippen LogP contribution in [0.15, 0.2) is 11.6 Å². The van der Waals surface area contributed by atoms with Gasteiger partial charge in [0.2, 0.25) is 0 Å². The molecule has 0 aromatic carbocycles. The van der Waals surface area contributed by atoms with Gasteiger partial charge in [-0.15, -0.1) is 0 Å². The molecular weight excluding hydrogens is 725 g/mol. The average Bonchev–Trinajstić information content (AvgIpc) is 3.56. The number of fused-ring (bicyclic) bond motifs is 5. The van der Waals surface area contributed by atoms with Crippen LogP contribution in [0.25, 0.3) is 0 Å². The van der Waals surface area contributed by atoms with Crippen molar-refractivity contribution >= 4 is 5.97 Å². The molecule has 0 spiro atoms. The van der Waals surface area contributed by atoms with Crippen LogP contribution in [-0.4, -0.2) is 64.7 Å². The van der Waals surface area contributed by atoms with Gasteiger partial charge >= 0.3 is 5.97 Å². The quantitative estimate of drug-likeness (QED) is 0.0506. The van der Waals surface area contributed by atoms with Gasteiger partial charge in [-0.25, -0.2) is 0 Å². The Hall–Kier alpha value is -0.990. The first kappa shape index (κ1) is 48.0. The highest BCUT2D eigenvalue weighted by Gasteiger charge is 2.59. The molecule has 7 heteroatoms. The summed E-state index contributed by atoms with van der Waals surface area (Å²) in [7, 11) is 0. The lowest BCUT2D eigenvalue weighted by atomic mass is 9.47. The lowest BCUT2D eigenvalue weighted by molar-refractivity contribution is -0.313. The molecule has 5 unspecified atom stereocenters. The van der Waals surface area contributed by atoms with E-state index in [0.717, 1.165) is 80.5 Å². The molecule has 7 nitrogen and oxygen atoms in total. The lowest BCUT2D eigenvalue weighted by Gasteiger charge is -2.58. The molecule has 0 aromatic rings. The Labute approximate surface area is 355 Å². The second-order valence-corrected chi connectivity index (χ2v) is 21.1. The second-order valence-electron chi connectivity index (χ2n) is 21.1. The Morgan fingerprint density at radius 2 is 1.45 bits per heavy atom. The smallest absolute Gasteiger partial charge is 0.305 e. The van der Waals surface area contributed by atoms with Crippen molar-refractivity contribution in [2.75, 3.05) is 6.61 Å². The van der Waals surface area contributed by atoms with Crippen LogP contribution in [0.4, 0.5) is 0 Å². The van der Waals surface area contributed by atoms with Gasteiger partial charge < -0.3 is 29.5 Å². The van der Waals surface area contributed by atoms with Gasteiger partial charge in [0, 0.05) is 6.42 Å². The van der Waals surface area contributed by atoms with Crippen LogP contribution >= 0.6 is 0 Å². The molecule has 1 aliphatic heterocycles. The maximum atomic E-state index is 12.6. The summed E-state index contributed by atoms with van der Waals surface area (Å²) in [6.45, 7) is 17.0. The number of carbonyl (C=O) groups is 1. The third-order valence-corrected chi connectivity index (χ3v) is 17.2. The van der Waals surface area contributed by atoms with Gasteiger partial charge in [-0.1, -0.05) is 150 Å². The molecule has 0 bridgehead atoms. The lowest BCUT2D eigenvalue weighted by Crippen LogP contribution is -2.60. The van der Waals surface area contributed by atoms with E-state index >= 15 is 0 Å². The highest BCUT2D eigenvalue weighted by Crippen LogP contribution is 2.67. The first-order valence-electron chi connectivity index (χ1n) is 25.0. The van der Waals surface area contributed by atoms with Gasteiger partial charge in [0.05, 0.1) is 6.10 Å². The predicted molar refractivity (Wildman–Crippen MR) is 235 cm³/mol. The number of unbranched alkanes of at least 4 members (excludes halogenated alkanes) is 12. The highest BCUT2D eigenvalue weighted by molar-refractivity contribution is 5.69. The molecular formula is C51H90O7. The van der Waals surface area contributed by atoms with Crippen LogP contribution in [0, 0.1) is 52.3 Å². The van der Waals surface area contributed by atoms with Crippen molar-refractivity contribution in [2.45, 2.75) is 246 Å². The molecule has 0 aromatic heterocycles. The topological polar surface area (TPSA) is 105 Å². The van der Waals surface area contributed by atoms with Crippen molar-refractivity contribution < 1.29 is 34.3 Å². The first-order chi connectivity index (χ1) is 27.8. The Morgan fingerprint density at radius 1 is 0.793 bits per heavy atom. The van der Waals surface area contributed by atoms with Crippen LogP contribution in [0.1, 0.15) is 209 Å². The maximum Gasteiger partial charge on any atom is 0.305 e. The minimum absolute atomic E-state index is 0.139. The minimum atomic E-state index is -1.44. The molecule has 5 rings (SSSR count). The van der Waals surface area contributed by atoms with Crippen LogP contribution in [0.3, 0.4) is 0 Å². The standard InChI is InChI=1S/C51H90O7/c1-8-10-11-12-13-14-15-16-17-18-19-20-21-22-45(52)56-34-44-46(53)47(54)48(55)49(58-44)57-39-29-31-50(6)38(33-39)25-26-40-42-28-27-41(51(42,7)32-30-43(40)50)36(5)23-24-37(9-2)35(3)4/h25,35-37,39-44,46-49,53-55H,8-24,26-34H2,1-7H3/t36-,37?,39+,40?,41-,42?,43?,44-,46-,47+,48-,49-,50+,51?/m1/s1. The highest BCUT2D eigenvalue weighted by atomic mass is 16.7. The van der Waals surface area contributed by atoms with E-state index in [1.54, 1.807) is 0 Å². The predicted octanol–water partition coefficient (Wildman–Crippen LogP) is 11.9. The van der Waals surface area contributed by atoms with Crippen LogP contribution < -0.4 is 0 Å². The maximum absolute atomic E-state index is 12.6. The van der Waals surface area contributed by atoms with Gasteiger partial charge in [0.15, 0.2) is 6.29 Å². The van der Waals surface area contributed by atoms with Crippen molar-refractivity contribution in [3.8, 4) is 0 Å². The van der Waals surface area contributed by atoms with Crippen LogP contribution in [0.5, 0.6) is 0 Å². The third kappa shape index (κ3) is 11.9. The van der Waals surface area contributed by atoms with Gasteiger partial charge in [0.1, 0.15) is 31.0 Å². The summed E-state index contributed by atoms with van der Waals surface area (Å²) in [4.78, 5) is 12.6. The summed E-state index contributed by atoms with van der Waals surface area (Å²) < 4.78 is 18.0. The minimum Gasteiger partial charge on any atom is -0.463 e. The molecule has 1 saturated heterocycles. The number of ether oxygens (including phenoxy) is 3. The van der Waals surface area contributed by atoms with Crippen molar-refractivity contribution in [3.63, 3.8) is 0 Å². The summed E-state index contributed by atoms with van der Waals surface area (Å²) in [6.07, 6.45) is 26.1. The van der Waals surface area contributed by atoms with Crippen LogP contribution in [0.2, 0.25) is 0 Å². The van der Waals surface area contributed by atoms with E-state index in [1.807, 2.05) is 0 Å². The van der Waals surface area contributed by atoms with Crippen molar-refractivity contribution in [3.05, 3.63) is 11.6 Å². The molecule has 3 saturated carbocycles. The van der Waals surface area contributed by atoms with Crippen molar-refractivity contribution in [2.24, 2.45) is 52.3 Å². The van der Waals surface area contributed by atoms with E-state index < -0.39 is 30.7 Å². The average molecular weight is 815 g/mol. The van der Waals surface area contributed by atoms with E-state index in [4.69, 9.17) is 14.2 Å². The van der Waals surface area contributed by atoms with Crippen molar-refractivity contribution in [1.82, 2.24) is 0 Å². The molecule has 4 fully saturated rings. The summed E-state index contributed by atoms with van der Waals surface area (Å²) in [5.41, 5.74) is 2.13. The van der Waals surface area contributed by atoms with Crippen molar-refractivity contribution in [1.29, 1.82) is 0 Å². The second kappa shape index (κ2) is 22.9. The number of esters is 1. The van der Waals surface area contributed by atoms with E-state index in [-0.39, 0.29) is 24.1 Å². The Bertz CT molecular complexity index is 1250. The largest absolute Gasteiger partial charge is 0.463 e. The van der Waals surface area contributed by atoms with Gasteiger partial charge in [-0.05, 0) is 116 Å². The van der Waals surface area contributed by atoms with Gasteiger partial charge in [-0.3, -0.25) is 4.79 Å². The van der Waals surface area contributed by atoms with Gasteiger partial charge in [-0.2, -0.15) is 0 Å². The fraction of sp³-hybridized carbons (Fsp3) is 0.941. The van der Waals surface area contributed by atoms with E-state index in [9.17, 15) is 20.1 Å². The fourth-order valence-electron chi connectivity index (χ4n) is 13.3. The van der Waals surface area contributed by atoms with Gasteiger partial charge in [0.25, 0.3) is 0 Å². The first-order valence-corrected chi connectivity index (χ1v) is 25.0. The third-order valence-electron chi connectivity index (χ3n) is 17.2. The molecule has 336 valence electrons. The number of carbonyl (C=O) groups excluding carboxylic acids is 1. The SMILES string of the molecule is CCCCCCCCCCCCCCCC(=O)OC[C@H]1O[C@@H](O[C@H]2CC[C@@]3(C)C(=CCC4C5CC[C@H]([C@H](C)CCC(CC)C(C)C)C5(C)CCC43)C2)[C@H](O)[C@@H](O)[C@@H]1O. The zero-order valence-corrected chi connectivity index (χ0v) is 38.4. The number of hydrogen-bond donors (Lipinski definition) is 3. The van der Waals surface area contributed by atoms with Crippen LogP contribution in [-0.2, 0) is 19.0 Å². The molecule has 4 aliphatic carbocycles. The number of allylic oxidation sites excluding steroid dienone is 1. The molecule has 5 aliphatic rings. The zero-order chi connectivity index (χ0) is 41.9. The molecule has 0 radical (unpaired) electrons. The molecule has 1 heterocycles. The zero-order valence-electron chi connectivity index (χ0n) is 38.4. The number of aliphatic hydroxyl groups is 3. The monoisotopic (exact) mass is 815 g/mol. The normalized spacial score (nSPS) is 37.1. The summed E-state index contributed by atoms with van der Waals surface area (Å²) in [5.74, 6) is 5.24. The number of rotatable bonds is 24. The Morgan fingerprint density at radius 3 is 2.09 bits per heavy atom. The summed E-state index contributed by atoms with van der Waals surface area (Å²) in [6, 6.07) is 0. The summed E-state index contributed by atoms with van der Waals surface area (Å²) >= 11 is 0. The Balaban J connectivity index is 1.04. The fourth-order valence-corrected chi connectivity index (χ4v) is 13.3. The Kier molecular flexibility index (Phi) is 19.0. The molecule has 3 N–H and O–H groups in total. The van der Waals surface area contributed by atoms with E-state index in [1.165, 1.54) is 115 Å². The molecule has 58 heavy (non-hydrogen) atoms.